The van der Waals surface area contributed by atoms with Gasteiger partial charge in [-0.3, -0.25) is 9.59 Å². The fraction of sp³-hybridized carbons (Fsp3) is 0.692. The molecular weight excluding hydrogens is 290 g/mol. The van der Waals surface area contributed by atoms with E-state index in [0.717, 1.165) is 0 Å². The second-order valence-electron chi connectivity index (χ2n) is 5.47. The maximum absolute atomic E-state index is 12.3. The van der Waals surface area contributed by atoms with E-state index in [9.17, 15) is 9.59 Å². The van der Waals surface area contributed by atoms with Crippen molar-refractivity contribution in [2.24, 2.45) is 0 Å². The second-order valence-corrected chi connectivity index (χ2v) is 5.47. The lowest BCUT2D eigenvalue weighted by Crippen LogP contribution is -2.48. The number of nitrogens with one attached hydrogen (secondary N) is 1. The zero-order chi connectivity index (χ0) is 15.6. The van der Waals surface area contributed by atoms with Gasteiger partial charge in [0.15, 0.2) is 11.6 Å². The average Bonchev–Trinajstić information content (AvgIpc) is 3.09. The zero-order valence-corrected chi connectivity index (χ0v) is 12.4. The molecule has 0 atom stereocenters. The topological polar surface area (TPSA) is 98.6 Å². The molecule has 2 saturated heterocycles. The van der Waals surface area contributed by atoms with Crippen molar-refractivity contribution in [1.82, 2.24) is 19.9 Å². The summed E-state index contributed by atoms with van der Waals surface area (Å²) in [5.41, 5.74) is 0. The Morgan fingerprint density at radius 3 is 2.64 bits per heavy atom. The number of hydrogen-bond acceptors (Lipinski definition) is 6. The van der Waals surface area contributed by atoms with Crippen molar-refractivity contribution in [3.05, 3.63) is 6.20 Å². The SMILES string of the molecule is CC(=O)Nc1cn(CC(=O)N2CCC3(CC2)OCCO3)nn1. The third-order valence-electron chi connectivity index (χ3n) is 3.83. The molecular formula is C13H19N5O4. The van der Waals surface area contributed by atoms with Crippen LogP contribution in [-0.2, 0) is 25.6 Å². The first-order valence-corrected chi connectivity index (χ1v) is 7.30. The first-order chi connectivity index (χ1) is 10.6. The Bertz CT molecular complexity index is 557. The molecule has 1 spiro atoms. The predicted molar refractivity (Wildman–Crippen MR) is 74.8 cm³/mol. The van der Waals surface area contributed by atoms with Crippen LogP contribution in [0.3, 0.4) is 0 Å². The highest BCUT2D eigenvalue weighted by Crippen LogP contribution is 2.31. The zero-order valence-electron chi connectivity index (χ0n) is 12.4. The highest BCUT2D eigenvalue weighted by atomic mass is 16.7. The number of rotatable bonds is 3. The summed E-state index contributed by atoms with van der Waals surface area (Å²) >= 11 is 0. The molecule has 3 rings (SSSR count). The summed E-state index contributed by atoms with van der Waals surface area (Å²) in [6, 6.07) is 0. The molecule has 0 aliphatic carbocycles. The molecule has 2 aliphatic rings. The molecule has 0 saturated carbocycles. The minimum absolute atomic E-state index is 0.0351. The number of nitrogens with zero attached hydrogens (tertiary/aromatic N) is 4. The van der Waals surface area contributed by atoms with E-state index in [-0.39, 0.29) is 18.4 Å². The summed E-state index contributed by atoms with van der Waals surface area (Å²) in [5, 5.41) is 10.1. The van der Waals surface area contributed by atoms with Gasteiger partial charge in [0.05, 0.1) is 19.4 Å². The Balaban J connectivity index is 1.52. The number of amides is 2. The number of hydrogen-bond donors (Lipinski definition) is 1. The molecule has 1 N–H and O–H groups in total. The fourth-order valence-corrected chi connectivity index (χ4v) is 2.73. The molecule has 3 heterocycles. The Labute approximate surface area is 127 Å². The van der Waals surface area contributed by atoms with Crippen LogP contribution in [0.25, 0.3) is 0 Å². The monoisotopic (exact) mass is 309 g/mol. The van der Waals surface area contributed by atoms with E-state index in [1.165, 1.54) is 17.8 Å². The summed E-state index contributed by atoms with van der Waals surface area (Å²) in [7, 11) is 0. The minimum atomic E-state index is -0.484. The van der Waals surface area contributed by atoms with Crippen LogP contribution < -0.4 is 5.32 Å². The van der Waals surface area contributed by atoms with Crippen molar-refractivity contribution >= 4 is 17.6 Å². The number of piperidine rings is 1. The highest BCUT2D eigenvalue weighted by molar-refractivity contribution is 5.87. The molecule has 22 heavy (non-hydrogen) atoms. The quantitative estimate of drug-likeness (QED) is 0.816. The minimum Gasteiger partial charge on any atom is -0.347 e. The number of ether oxygens (including phenoxy) is 2. The number of likely N-dealkylation sites (tertiary alicyclic amines) is 1. The molecule has 0 bridgehead atoms. The summed E-state index contributed by atoms with van der Waals surface area (Å²) < 4.78 is 12.7. The predicted octanol–water partition coefficient (Wildman–Crippen LogP) is -0.398. The third-order valence-corrected chi connectivity index (χ3v) is 3.83. The van der Waals surface area contributed by atoms with Crippen molar-refractivity contribution in [1.29, 1.82) is 0 Å². The molecule has 1 aromatic rings. The molecule has 9 nitrogen and oxygen atoms in total. The molecule has 9 heteroatoms. The highest BCUT2D eigenvalue weighted by Gasteiger charge is 2.40. The largest absolute Gasteiger partial charge is 0.347 e. The van der Waals surface area contributed by atoms with Crippen LogP contribution in [0.4, 0.5) is 5.82 Å². The van der Waals surface area contributed by atoms with E-state index >= 15 is 0 Å². The molecule has 120 valence electrons. The van der Waals surface area contributed by atoms with E-state index in [0.29, 0.717) is 45.0 Å². The molecule has 1 aromatic heterocycles. The number of carbonyl (C=O) groups is 2. The molecule has 0 unspecified atom stereocenters. The molecule has 0 aromatic carbocycles. The Morgan fingerprint density at radius 2 is 2.00 bits per heavy atom. The van der Waals surface area contributed by atoms with Crippen LogP contribution in [0.2, 0.25) is 0 Å². The lowest BCUT2D eigenvalue weighted by molar-refractivity contribution is -0.187. The number of aromatic nitrogens is 3. The van der Waals surface area contributed by atoms with Crippen LogP contribution >= 0.6 is 0 Å². The van der Waals surface area contributed by atoms with Gasteiger partial charge in [-0.15, -0.1) is 5.10 Å². The van der Waals surface area contributed by atoms with Gasteiger partial charge < -0.3 is 19.7 Å². The van der Waals surface area contributed by atoms with Gasteiger partial charge in [-0.2, -0.15) is 0 Å². The molecule has 2 amide bonds. The van der Waals surface area contributed by atoms with Crippen LogP contribution in [0.1, 0.15) is 19.8 Å². The Kier molecular flexibility index (Phi) is 4.08. The second kappa shape index (κ2) is 6.01. The van der Waals surface area contributed by atoms with Gasteiger partial charge in [-0.1, -0.05) is 5.21 Å². The summed E-state index contributed by atoms with van der Waals surface area (Å²) in [5.74, 6) is -0.406. The summed E-state index contributed by atoms with van der Waals surface area (Å²) in [6.45, 7) is 3.94. The van der Waals surface area contributed by atoms with Crippen molar-refractivity contribution in [2.45, 2.75) is 32.1 Å². The maximum Gasteiger partial charge on any atom is 0.244 e. The van der Waals surface area contributed by atoms with E-state index in [1.807, 2.05) is 0 Å². The van der Waals surface area contributed by atoms with Crippen LogP contribution in [0, 0.1) is 0 Å². The van der Waals surface area contributed by atoms with Gasteiger partial charge in [0, 0.05) is 32.9 Å². The van der Waals surface area contributed by atoms with Gasteiger partial charge in [0.2, 0.25) is 11.8 Å². The summed E-state index contributed by atoms with van der Waals surface area (Å²) in [6.07, 6.45) is 2.91. The summed E-state index contributed by atoms with van der Waals surface area (Å²) in [4.78, 5) is 25.0. The number of anilines is 1. The van der Waals surface area contributed by atoms with E-state index in [2.05, 4.69) is 15.6 Å². The van der Waals surface area contributed by atoms with Crippen LogP contribution in [0.5, 0.6) is 0 Å². The smallest absolute Gasteiger partial charge is 0.244 e. The van der Waals surface area contributed by atoms with Gasteiger partial charge >= 0.3 is 0 Å². The van der Waals surface area contributed by atoms with Gasteiger partial charge in [-0.05, 0) is 0 Å². The van der Waals surface area contributed by atoms with Crippen LogP contribution in [-0.4, -0.2) is 63.8 Å². The first kappa shape index (κ1) is 14.9. The molecule has 2 aliphatic heterocycles. The van der Waals surface area contributed by atoms with Gasteiger partial charge in [0.25, 0.3) is 0 Å². The van der Waals surface area contributed by atoms with Crippen molar-refractivity contribution in [3.8, 4) is 0 Å². The van der Waals surface area contributed by atoms with Crippen LogP contribution in [0.15, 0.2) is 6.20 Å². The van der Waals surface area contributed by atoms with Crippen molar-refractivity contribution in [2.75, 3.05) is 31.6 Å². The lowest BCUT2D eigenvalue weighted by Gasteiger charge is -2.37. The van der Waals surface area contributed by atoms with Gasteiger partial charge in [-0.25, -0.2) is 4.68 Å². The molecule has 0 radical (unpaired) electrons. The normalized spacial score (nSPS) is 20.3. The standard InChI is InChI=1S/C13H19N5O4/c1-10(19)14-11-8-18(16-15-11)9-12(20)17-4-2-13(3-5-17)21-6-7-22-13/h8H,2-7,9H2,1H3,(H,14,19). The van der Waals surface area contributed by atoms with E-state index < -0.39 is 5.79 Å². The maximum atomic E-state index is 12.3. The lowest BCUT2D eigenvalue weighted by atomic mass is 10.0. The van der Waals surface area contributed by atoms with Crippen molar-refractivity contribution < 1.29 is 19.1 Å². The first-order valence-electron chi connectivity index (χ1n) is 7.30. The third kappa shape index (κ3) is 3.25. The average molecular weight is 309 g/mol. The fourth-order valence-electron chi connectivity index (χ4n) is 2.73. The van der Waals surface area contributed by atoms with E-state index in [4.69, 9.17) is 9.47 Å². The molecule has 2 fully saturated rings. The Morgan fingerprint density at radius 1 is 1.32 bits per heavy atom. The van der Waals surface area contributed by atoms with E-state index in [1.54, 1.807) is 4.90 Å². The number of carbonyl (C=O) groups excluding carboxylic acids is 2. The van der Waals surface area contributed by atoms with Gasteiger partial charge in [0.1, 0.15) is 6.54 Å². The Hall–Kier alpha value is -2.00. The van der Waals surface area contributed by atoms with Crippen molar-refractivity contribution in [3.63, 3.8) is 0 Å².